The second kappa shape index (κ2) is 7.88. The molecular weight excluding hydrogens is 258 g/mol. The fourth-order valence-electron chi connectivity index (χ4n) is 2.64. The number of ether oxygens (including phenoxy) is 1. The van der Waals surface area contributed by atoms with E-state index >= 15 is 0 Å². The Morgan fingerprint density at radius 3 is 2.68 bits per heavy atom. The first-order valence-electron chi connectivity index (χ1n) is 7.39. The van der Waals surface area contributed by atoms with Crippen molar-refractivity contribution in [1.82, 2.24) is 5.32 Å². The van der Waals surface area contributed by atoms with Crippen LogP contribution in [0.3, 0.4) is 0 Å². The van der Waals surface area contributed by atoms with E-state index < -0.39 is 0 Å². The summed E-state index contributed by atoms with van der Waals surface area (Å²) < 4.78 is 6.11. The third-order valence-corrected chi connectivity index (χ3v) is 3.99. The predicted molar refractivity (Wildman–Crippen MR) is 80.6 cm³/mol. The largest absolute Gasteiger partial charge is 0.372 e. The van der Waals surface area contributed by atoms with Gasteiger partial charge in [0, 0.05) is 11.1 Å². The molecule has 2 nitrogen and oxygen atoms in total. The molecule has 1 aliphatic carbocycles. The molecule has 0 aliphatic heterocycles. The molecule has 3 heteroatoms. The average Bonchev–Trinajstić information content (AvgIpc) is 2.45. The third-order valence-electron chi connectivity index (χ3n) is 3.74. The van der Waals surface area contributed by atoms with E-state index in [0.29, 0.717) is 18.8 Å². The van der Waals surface area contributed by atoms with Gasteiger partial charge in [0.05, 0.1) is 12.7 Å². The molecule has 1 aromatic carbocycles. The lowest BCUT2D eigenvalue weighted by Gasteiger charge is -2.32. The Morgan fingerprint density at radius 1 is 1.21 bits per heavy atom. The highest BCUT2D eigenvalue weighted by Crippen LogP contribution is 2.22. The van der Waals surface area contributed by atoms with Crippen molar-refractivity contribution in [2.24, 2.45) is 0 Å². The number of nitrogens with one attached hydrogen (secondary N) is 1. The number of hydrogen-bond acceptors (Lipinski definition) is 2. The van der Waals surface area contributed by atoms with Crippen LogP contribution >= 0.6 is 11.6 Å². The Bertz CT molecular complexity index is 366. The standard InChI is InChI=1S/C16H24ClNO/c1-2-11-18-15-5-3-4-6-16(15)19-12-13-7-9-14(17)10-8-13/h7-10,15-16,18H,2-6,11-12H2,1H3. The zero-order valence-corrected chi connectivity index (χ0v) is 12.5. The Balaban J connectivity index is 1.83. The molecule has 0 bridgehead atoms. The summed E-state index contributed by atoms with van der Waals surface area (Å²) >= 11 is 5.89. The molecule has 0 heterocycles. The Labute approximate surface area is 121 Å². The van der Waals surface area contributed by atoms with Gasteiger partial charge in [-0.25, -0.2) is 0 Å². The second-order valence-corrected chi connectivity index (χ2v) is 5.76. The van der Waals surface area contributed by atoms with Crippen LogP contribution in [0.25, 0.3) is 0 Å². The number of rotatable bonds is 6. The minimum atomic E-state index is 0.357. The van der Waals surface area contributed by atoms with Crippen molar-refractivity contribution in [3.63, 3.8) is 0 Å². The second-order valence-electron chi connectivity index (χ2n) is 5.32. The molecule has 2 atom stereocenters. The van der Waals surface area contributed by atoms with E-state index in [4.69, 9.17) is 16.3 Å². The quantitative estimate of drug-likeness (QED) is 0.845. The fourth-order valence-corrected chi connectivity index (χ4v) is 2.77. The van der Waals surface area contributed by atoms with E-state index in [1.807, 2.05) is 24.3 Å². The maximum absolute atomic E-state index is 6.11. The minimum absolute atomic E-state index is 0.357. The highest BCUT2D eigenvalue weighted by molar-refractivity contribution is 6.30. The van der Waals surface area contributed by atoms with Gasteiger partial charge in [0.2, 0.25) is 0 Å². The van der Waals surface area contributed by atoms with Crippen molar-refractivity contribution in [2.45, 2.75) is 57.8 Å². The zero-order valence-electron chi connectivity index (χ0n) is 11.7. The SMILES string of the molecule is CCCNC1CCCCC1OCc1ccc(Cl)cc1. The van der Waals surface area contributed by atoms with Gasteiger partial charge in [-0.15, -0.1) is 0 Å². The van der Waals surface area contributed by atoms with Gasteiger partial charge in [-0.3, -0.25) is 0 Å². The van der Waals surface area contributed by atoms with Crippen LogP contribution in [-0.4, -0.2) is 18.7 Å². The molecule has 0 saturated heterocycles. The summed E-state index contributed by atoms with van der Waals surface area (Å²) in [5.41, 5.74) is 1.20. The van der Waals surface area contributed by atoms with Crippen LogP contribution in [0.2, 0.25) is 5.02 Å². The summed E-state index contributed by atoms with van der Waals surface area (Å²) in [6.07, 6.45) is 6.56. The topological polar surface area (TPSA) is 21.3 Å². The van der Waals surface area contributed by atoms with Crippen LogP contribution in [-0.2, 0) is 11.3 Å². The molecule has 1 fully saturated rings. The Morgan fingerprint density at radius 2 is 1.95 bits per heavy atom. The van der Waals surface area contributed by atoms with Crippen molar-refractivity contribution in [2.75, 3.05) is 6.54 Å². The monoisotopic (exact) mass is 281 g/mol. The molecule has 106 valence electrons. The summed E-state index contributed by atoms with van der Waals surface area (Å²) in [5, 5.41) is 4.40. The lowest BCUT2D eigenvalue weighted by Crippen LogP contribution is -2.43. The highest BCUT2D eigenvalue weighted by Gasteiger charge is 2.24. The van der Waals surface area contributed by atoms with Crippen LogP contribution in [0.1, 0.15) is 44.6 Å². The number of halogens is 1. The average molecular weight is 282 g/mol. The summed E-state index contributed by atoms with van der Waals surface area (Å²) in [4.78, 5) is 0. The van der Waals surface area contributed by atoms with Crippen molar-refractivity contribution in [3.8, 4) is 0 Å². The van der Waals surface area contributed by atoms with Gasteiger partial charge in [0.15, 0.2) is 0 Å². The maximum atomic E-state index is 6.11. The van der Waals surface area contributed by atoms with Crippen molar-refractivity contribution in [3.05, 3.63) is 34.9 Å². The summed E-state index contributed by atoms with van der Waals surface area (Å²) in [5.74, 6) is 0. The molecule has 0 radical (unpaired) electrons. The number of hydrogen-bond donors (Lipinski definition) is 1. The Kier molecular flexibility index (Phi) is 6.15. The van der Waals surface area contributed by atoms with Gasteiger partial charge in [0.25, 0.3) is 0 Å². The molecule has 0 amide bonds. The van der Waals surface area contributed by atoms with Crippen molar-refractivity contribution < 1.29 is 4.74 Å². The Hall–Kier alpha value is -0.570. The maximum Gasteiger partial charge on any atom is 0.0732 e. The zero-order chi connectivity index (χ0) is 13.5. The van der Waals surface area contributed by atoms with Gasteiger partial charge in [0.1, 0.15) is 0 Å². The van der Waals surface area contributed by atoms with Crippen molar-refractivity contribution >= 4 is 11.6 Å². The van der Waals surface area contributed by atoms with Gasteiger partial charge in [-0.2, -0.15) is 0 Å². The van der Waals surface area contributed by atoms with Crippen LogP contribution < -0.4 is 5.32 Å². The molecule has 1 aromatic rings. The first kappa shape index (κ1) is 14.8. The fraction of sp³-hybridized carbons (Fsp3) is 0.625. The molecule has 19 heavy (non-hydrogen) atoms. The molecule has 2 rings (SSSR count). The summed E-state index contributed by atoms with van der Waals surface area (Å²) in [6, 6.07) is 8.46. The van der Waals surface area contributed by atoms with Crippen LogP contribution in [0.4, 0.5) is 0 Å². The minimum Gasteiger partial charge on any atom is -0.372 e. The van der Waals surface area contributed by atoms with E-state index in [-0.39, 0.29) is 0 Å². The third kappa shape index (κ3) is 4.79. The predicted octanol–water partition coefficient (Wildman–Crippen LogP) is 4.17. The van der Waals surface area contributed by atoms with Gasteiger partial charge in [-0.1, -0.05) is 43.5 Å². The number of benzene rings is 1. The van der Waals surface area contributed by atoms with Gasteiger partial charge >= 0.3 is 0 Å². The molecule has 1 aliphatic rings. The van der Waals surface area contributed by atoms with Crippen LogP contribution in [0, 0.1) is 0 Å². The lowest BCUT2D eigenvalue weighted by molar-refractivity contribution is -0.00537. The van der Waals surface area contributed by atoms with E-state index in [0.717, 1.165) is 11.6 Å². The van der Waals surface area contributed by atoms with Crippen LogP contribution in [0.15, 0.2) is 24.3 Å². The first-order chi connectivity index (χ1) is 9.29. The molecule has 0 spiro atoms. The van der Waals surface area contributed by atoms with E-state index in [1.54, 1.807) is 0 Å². The van der Waals surface area contributed by atoms with Gasteiger partial charge < -0.3 is 10.1 Å². The first-order valence-corrected chi connectivity index (χ1v) is 7.77. The molecule has 1 saturated carbocycles. The molecule has 1 N–H and O–H groups in total. The smallest absolute Gasteiger partial charge is 0.0732 e. The van der Waals surface area contributed by atoms with Gasteiger partial charge in [-0.05, 0) is 43.5 Å². The summed E-state index contributed by atoms with van der Waals surface area (Å²) in [6.45, 7) is 3.98. The van der Waals surface area contributed by atoms with Crippen molar-refractivity contribution in [1.29, 1.82) is 0 Å². The highest BCUT2D eigenvalue weighted by atomic mass is 35.5. The molecule has 2 unspecified atom stereocenters. The molecule has 0 aromatic heterocycles. The van der Waals surface area contributed by atoms with E-state index in [1.165, 1.54) is 37.7 Å². The van der Waals surface area contributed by atoms with Crippen LogP contribution in [0.5, 0.6) is 0 Å². The van der Waals surface area contributed by atoms with E-state index in [9.17, 15) is 0 Å². The summed E-state index contributed by atoms with van der Waals surface area (Å²) in [7, 11) is 0. The normalized spacial score (nSPS) is 23.5. The lowest BCUT2D eigenvalue weighted by atomic mass is 9.92. The van der Waals surface area contributed by atoms with E-state index in [2.05, 4.69) is 12.2 Å². The molecular formula is C16H24ClNO.